The van der Waals surface area contributed by atoms with Crippen LogP contribution in [0.1, 0.15) is 5.76 Å². The number of rotatable bonds is 3. The molecule has 150 valence electrons. The van der Waals surface area contributed by atoms with Crippen molar-refractivity contribution in [1.82, 2.24) is 5.32 Å². The molecule has 0 aliphatic carbocycles. The zero-order valence-corrected chi connectivity index (χ0v) is 18.9. The van der Waals surface area contributed by atoms with Gasteiger partial charge in [-0.3, -0.25) is 14.9 Å². The summed E-state index contributed by atoms with van der Waals surface area (Å²) in [4.78, 5) is 38.3. The fraction of sp³-hybridized carbons (Fsp3) is 0. The van der Waals surface area contributed by atoms with E-state index in [0.717, 1.165) is 19.4 Å². The summed E-state index contributed by atoms with van der Waals surface area (Å²) in [5, 5.41) is 2.70. The van der Waals surface area contributed by atoms with Crippen molar-refractivity contribution < 1.29 is 18.8 Å². The lowest BCUT2D eigenvalue weighted by Gasteiger charge is -2.26. The normalized spacial score (nSPS) is 15.6. The Morgan fingerprint density at radius 1 is 0.967 bits per heavy atom. The Labute approximate surface area is 192 Å². The third-order valence-electron chi connectivity index (χ3n) is 4.30. The molecule has 2 heterocycles. The molecule has 0 radical (unpaired) electrons. The van der Waals surface area contributed by atoms with E-state index in [0.29, 0.717) is 16.5 Å². The van der Waals surface area contributed by atoms with E-state index >= 15 is 0 Å². The molecule has 1 aromatic heterocycles. The van der Waals surface area contributed by atoms with Crippen LogP contribution in [0.2, 0.25) is 5.02 Å². The third-order valence-corrected chi connectivity index (χ3v) is 6.07. The van der Waals surface area contributed by atoms with E-state index < -0.39 is 17.8 Å². The molecule has 1 aliphatic rings. The van der Waals surface area contributed by atoms with Crippen molar-refractivity contribution >= 4 is 73.1 Å². The summed E-state index contributed by atoms with van der Waals surface area (Å²) in [5.41, 5.74) is 0.856. The van der Waals surface area contributed by atoms with Crippen molar-refractivity contribution in [2.75, 3.05) is 4.90 Å². The number of benzene rings is 2. The van der Waals surface area contributed by atoms with E-state index in [1.807, 2.05) is 6.07 Å². The van der Waals surface area contributed by atoms with Gasteiger partial charge in [0.25, 0.3) is 11.8 Å². The molecule has 0 unspecified atom stereocenters. The van der Waals surface area contributed by atoms with Gasteiger partial charge in [-0.1, -0.05) is 33.6 Å². The predicted octanol–water partition coefficient (Wildman–Crippen LogP) is 5.79. The summed E-state index contributed by atoms with van der Waals surface area (Å²) >= 11 is 12.8. The second-order valence-corrected chi connectivity index (χ2v) is 8.44. The predicted molar refractivity (Wildman–Crippen MR) is 120 cm³/mol. The van der Waals surface area contributed by atoms with Gasteiger partial charge in [0.05, 0.1) is 10.7 Å². The van der Waals surface area contributed by atoms with Gasteiger partial charge in [-0.05, 0) is 70.5 Å². The molecule has 6 nitrogen and oxygen atoms in total. The molecule has 1 N–H and O–H groups in total. The monoisotopic (exact) mass is 548 g/mol. The van der Waals surface area contributed by atoms with Crippen molar-refractivity contribution in [2.24, 2.45) is 0 Å². The first-order valence-electron chi connectivity index (χ1n) is 8.56. The topological polar surface area (TPSA) is 79.6 Å². The molecule has 1 fully saturated rings. The number of furan rings is 1. The molecule has 9 heteroatoms. The first-order valence-corrected chi connectivity index (χ1v) is 10.5. The second kappa shape index (κ2) is 8.22. The number of hydrogen-bond acceptors (Lipinski definition) is 4. The summed E-state index contributed by atoms with van der Waals surface area (Å²) in [6.45, 7) is 0. The van der Waals surface area contributed by atoms with Crippen LogP contribution in [0.25, 0.3) is 17.4 Å². The Kier molecular flexibility index (Phi) is 5.64. The summed E-state index contributed by atoms with van der Waals surface area (Å²) in [5.74, 6) is -0.730. The van der Waals surface area contributed by atoms with Gasteiger partial charge in [-0.25, -0.2) is 9.69 Å². The van der Waals surface area contributed by atoms with Gasteiger partial charge in [-0.15, -0.1) is 0 Å². The summed E-state index contributed by atoms with van der Waals surface area (Å²) in [7, 11) is 0. The second-order valence-electron chi connectivity index (χ2n) is 6.27. The zero-order valence-electron chi connectivity index (χ0n) is 15.0. The van der Waals surface area contributed by atoms with Gasteiger partial charge >= 0.3 is 6.03 Å². The highest BCUT2D eigenvalue weighted by Crippen LogP contribution is 2.31. The lowest BCUT2D eigenvalue weighted by Crippen LogP contribution is -2.54. The number of halogens is 3. The number of nitrogens with zero attached hydrogens (tertiary/aromatic N) is 1. The molecular weight excluding hydrogens is 540 g/mol. The number of barbiturate groups is 1. The SMILES string of the molecule is O=C1NC(=O)N(c2ccc(Br)cc2)C(=O)/C1=C/c1ccc(-c2ccc(Br)c(Cl)c2)o1. The molecule has 4 rings (SSSR count). The molecule has 1 saturated heterocycles. The van der Waals surface area contributed by atoms with E-state index in [9.17, 15) is 14.4 Å². The minimum atomic E-state index is -0.811. The number of amides is 4. The highest BCUT2D eigenvalue weighted by Gasteiger charge is 2.37. The fourth-order valence-electron chi connectivity index (χ4n) is 2.86. The van der Waals surface area contributed by atoms with Crippen LogP contribution in [0.3, 0.4) is 0 Å². The lowest BCUT2D eigenvalue weighted by atomic mass is 10.1. The smallest absolute Gasteiger partial charge is 0.335 e. The lowest BCUT2D eigenvalue weighted by molar-refractivity contribution is -0.122. The standard InChI is InChI=1S/C21H11Br2ClN2O4/c22-12-2-4-13(5-3-12)26-20(28)15(19(27)25-21(26)29)10-14-6-8-18(30-14)11-1-7-16(23)17(24)9-11/h1-10H,(H,25,27,29)/b15-10+. The maximum absolute atomic E-state index is 12.9. The first-order chi connectivity index (χ1) is 14.3. The molecule has 4 amide bonds. The minimum absolute atomic E-state index is 0.216. The van der Waals surface area contributed by atoms with Gasteiger partial charge in [-0.2, -0.15) is 0 Å². The van der Waals surface area contributed by atoms with Crippen molar-refractivity contribution in [3.63, 3.8) is 0 Å². The molecule has 0 bridgehead atoms. The van der Waals surface area contributed by atoms with Gasteiger partial charge in [0, 0.05) is 14.5 Å². The van der Waals surface area contributed by atoms with Crippen LogP contribution in [-0.4, -0.2) is 17.8 Å². The Morgan fingerprint density at radius 2 is 1.70 bits per heavy atom. The number of imide groups is 2. The van der Waals surface area contributed by atoms with Crippen LogP contribution < -0.4 is 10.2 Å². The van der Waals surface area contributed by atoms with E-state index in [-0.39, 0.29) is 11.3 Å². The van der Waals surface area contributed by atoms with Crippen LogP contribution >= 0.6 is 43.5 Å². The molecule has 0 spiro atoms. The molecule has 0 saturated carbocycles. The van der Waals surface area contributed by atoms with E-state index in [1.165, 1.54) is 6.08 Å². The minimum Gasteiger partial charge on any atom is -0.457 e. The number of anilines is 1. The first kappa shape index (κ1) is 20.6. The Balaban J connectivity index is 1.67. The Morgan fingerprint density at radius 3 is 2.40 bits per heavy atom. The average molecular weight is 551 g/mol. The van der Waals surface area contributed by atoms with Crippen molar-refractivity contribution in [2.45, 2.75) is 0 Å². The molecule has 3 aromatic rings. The zero-order chi connectivity index (χ0) is 21.4. The van der Waals surface area contributed by atoms with Crippen LogP contribution in [0.4, 0.5) is 10.5 Å². The van der Waals surface area contributed by atoms with Crippen molar-refractivity contribution in [1.29, 1.82) is 0 Å². The average Bonchev–Trinajstić information content (AvgIpc) is 3.17. The highest BCUT2D eigenvalue weighted by molar-refractivity contribution is 9.10. The van der Waals surface area contributed by atoms with E-state index in [1.54, 1.807) is 48.5 Å². The van der Waals surface area contributed by atoms with Gasteiger partial charge < -0.3 is 4.42 Å². The maximum atomic E-state index is 12.9. The molecular formula is C21H11Br2ClN2O4. The van der Waals surface area contributed by atoms with Crippen LogP contribution in [-0.2, 0) is 9.59 Å². The number of carbonyl (C=O) groups is 3. The van der Waals surface area contributed by atoms with Crippen molar-refractivity contribution in [3.05, 3.63) is 79.9 Å². The maximum Gasteiger partial charge on any atom is 0.335 e. The van der Waals surface area contributed by atoms with Gasteiger partial charge in [0.1, 0.15) is 17.1 Å². The van der Waals surface area contributed by atoms with Crippen LogP contribution in [0.5, 0.6) is 0 Å². The van der Waals surface area contributed by atoms with Crippen LogP contribution in [0.15, 0.2) is 73.5 Å². The number of hydrogen-bond donors (Lipinski definition) is 1. The molecule has 1 aliphatic heterocycles. The Bertz CT molecular complexity index is 1220. The quantitative estimate of drug-likeness (QED) is 0.331. The third kappa shape index (κ3) is 3.98. The summed E-state index contributed by atoms with van der Waals surface area (Å²) < 4.78 is 7.30. The molecule has 30 heavy (non-hydrogen) atoms. The van der Waals surface area contributed by atoms with Gasteiger partial charge in [0.2, 0.25) is 0 Å². The molecule has 0 atom stereocenters. The van der Waals surface area contributed by atoms with E-state index in [2.05, 4.69) is 37.2 Å². The number of carbonyl (C=O) groups excluding carboxylic acids is 3. The van der Waals surface area contributed by atoms with Gasteiger partial charge in [0.15, 0.2) is 0 Å². The largest absolute Gasteiger partial charge is 0.457 e. The number of nitrogens with one attached hydrogen (secondary N) is 1. The summed E-state index contributed by atoms with van der Waals surface area (Å²) in [6.07, 6.45) is 1.31. The van der Waals surface area contributed by atoms with E-state index in [4.69, 9.17) is 16.0 Å². The Hall–Kier alpha value is -2.68. The number of urea groups is 1. The van der Waals surface area contributed by atoms with Crippen molar-refractivity contribution in [3.8, 4) is 11.3 Å². The highest BCUT2D eigenvalue weighted by atomic mass is 79.9. The molecule has 2 aromatic carbocycles. The fourth-order valence-corrected chi connectivity index (χ4v) is 3.55. The summed E-state index contributed by atoms with van der Waals surface area (Å²) in [6, 6.07) is 14.4. The van der Waals surface area contributed by atoms with Crippen LogP contribution in [0, 0.1) is 0 Å².